The third-order valence-corrected chi connectivity index (χ3v) is 3.07. The van der Waals surface area contributed by atoms with Crippen molar-refractivity contribution in [2.75, 3.05) is 12.1 Å². The van der Waals surface area contributed by atoms with Crippen LogP contribution in [0.4, 0.5) is 11.7 Å². The second-order valence-electron chi connectivity index (χ2n) is 4.47. The van der Waals surface area contributed by atoms with E-state index >= 15 is 0 Å². The summed E-state index contributed by atoms with van der Waals surface area (Å²) in [6.07, 6.45) is 0. The monoisotopic (exact) mass is 281 g/mol. The van der Waals surface area contributed by atoms with Crippen molar-refractivity contribution in [3.63, 3.8) is 0 Å². The van der Waals surface area contributed by atoms with E-state index in [1.807, 2.05) is 48.5 Å². The molecule has 0 radical (unpaired) electrons. The van der Waals surface area contributed by atoms with Crippen LogP contribution in [0.1, 0.15) is 0 Å². The Morgan fingerprint density at radius 1 is 0.905 bits per heavy atom. The van der Waals surface area contributed by atoms with E-state index in [4.69, 9.17) is 13.9 Å². The van der Waals surface area contributed by atoms with E-state index in [1.54, 1.807) is 0 Å². The summed E-state index contributed by atoms with van der Waals surface area (Å²) < 4.78 is 16.2. The lowest BCUT2D eigenvalue weighted by molar-refractivity contribution is 0.174. The predicted octanol–water partition coefficient (Wildman–Crippen LogP) is 3.21. The van der Waals surface area contributed by atoms with Gasteiger partial charge in [0.05, 0.1) is 0 Å². The van der Waals surface area contributed by atoms with Crippen molar-refractivity contribution < 1.29 is 13.9 Å². The van der Waals surface area contributed by atoms with E-state index < -0.39 is 0 Å². The van der Waals surface area contributed by atoms with Gasteiger partial charge in [-0.1, -0.05) is 23.3 Å². The van der Waals surface area contributed by atoms with Crippen molar-refractivity contribution in [3.8, 4) is 23.0 Å². The fraction of sp³-hybridized carbons (Fsp3) is 0.0667. The topological polar surface area (TPSA) is 69.4 Å². The van der Waals surface area contributed by atoms with Gasteiger partial charge in [-0.3, -0.25) is 0 Å². The first-order valence-electron chi connectivity index (χ1n) is 6.44. The number of benzene rings is 2. The van der Waals surface area contributed by atoms with Gasteiger partial charge in [-0.15, -0.1) is 5.10 Å². The van der Waals surface area contributed by atoms with Crippen LogP contribution in [0.5, 0.6) is 11.5 Å². The largest absolute Gasteiger partial charge is 0.454 e. The Balaban J connectivity index is 1.59. The Labute approximate surface area is 120 Å². The van der Waals surface area contributed by atoms with E-state index in [1.165, 1.54) is 0 Å². The van der Waals surface area contributed by atoms with Gasteiger partial charge in [-0.05, 0) is 30.3 Å². The Morgan fingerprint density at radius 2 is 1.76 bits per heavy atom. The summed E-state index contributed by atoms with van der Waals surface area (Å²) in [5.74, 6) is 1.83. The Hall–Kier alpha value is -3.02. The van der Waals surface area contributed by atoms with E-state index in [0.717, 1.165) is 17.0 Å². The molecule has 1 N–H and O–H groups in total. The van der Waals surface area contributed by atoms with Gasteiger partial charge in [0.15, 0.2) is 11.5 Å². The smallest absolute Gasteiger partial charge is 0.320 e. The van der Waals surface area contributed by atoms with Gasteiger partial charge in [0.25, 0.3) is 0 Å². The summed E-state index contributed by atoms with van der Waals surface area (Å²) in [7, 11) is 0. The van der Waals surface area contributed by atoms with E-state index in [9.17, 15) is 0 Å². The van der Waals surface area contributed by atoms with E-state index in [-0.39, 0.29) is 6.79 Å². The Morgan fingerprint density at radius 3 is 2.67 bits per heavy atom. The van der Waals surface area contributed by atoms with Gasteiger partial charge < -0.3 is 19.2 Å². The fourth-order valence-electron chi connectivity index (χ4n) is 2.06. The van der Waals surface area contributed by atoms with Crippen LogP contribution in [-0.2, 0) is 0 Å². The number of ether oxygens (including phenoxy) is 2. The molecule has 0 aliphatic carbocycles. The molecular formula is C15H11N3O3. The number of anilines is 2. The zero-order chi connectivity index (χ0) is 14.1. The molecule has 0 saturated carbocycles. The van der Waals surface area contributed by atoms with Crippen molar-refractivity contribution in [2.24, 2.45) is 0 Å². The van der Waals surface area contributed by atoms with Crippen molar-refractivity contribution in [1.82, 2.24) is 10.2 Å². The van der Waals surface area contributed by atoms with Gasteiger partial charge in [-0.25, -0.2) is 0 Å². The van der Waals surface area contributed by atoms with E-state index in [2.05, 4.69) is 15.5 Å². The standard InChI is InChI=1S/C15H11N3O3/c1-2-4-11(5-3-1)16-15-18-17-14(21-15)10-6-7-12-13(8-10)20-9-19-12/h1-8H,9H2,(H,16,18). The lowest BCUT2D eigenvalue weighted by atomic mass is 10.2. The van der Waals surface area contributed by atoms with Crippen LogP contribution >= 0.6 is 0 Å². The molecule has 6 heteroatoms. The molecule has 0 unspecified atom stereocenters. The molecule has 0 fully saturated rings. The Kier molecular flexibility index (Phi) is 2.71. The van der Waals surface area contributed by atoms with Crippen molar-refractivity contribution >= 4 is 11.7 Å². The van der Waals surface area contributed by atoms with Crippen LogP contribution in [0.3, 0.4) is 0 Å². The van der Waals surface area contributed by atoms with Gasteiger partial charge in [-0.2, -0.15) is 0 Å². The number of hydrogen-bond donors (Lipinski definition) is 1. The first-order chi connectivity index (χ1) is 10.4. The first-order valence-corrected chi connectivity index (χ1v) is 6.44. The van der Waals surface area contributed by atoms with Gasteiger partial charge >= 0.3 is 6.01 Å². The molecule has 1 aromatic heterocycles. The normalized spacial score (nSPS) is 12.4. The molecule has 3 aromatic rings. The van der Waals surface area contributed by atoms with Crippen molar-refractivity contribution in [3.05, 3.63) is 48.5 Å². The number of fused-ring (bicyclic) bond motifs is 1. The third-order valence-electron chi connectivity index (χ3n) is 3.07. The Bertz CT molecular complexity index is 771. The highest BCUT2D eigenvalue weighted by Crippen LogP contribution is 2.35. The summed E-state index contributed by atoms with van der Waals surface area (Å²) in [4.78, 5) is 0. The zero-order valence-corrected chi connectivity index (χ0v) is 10.9. The molecule has 6 nitrogen and oxygen atoms in total. The molecule has 0 spiro atoms. The van der Waals surface area contributed by atoms with Crippen LogP contribution in [0.15, 0.2) is 52.9 Å². The highest BCUT2D eigenvalue weighted by atomic mass is 16.7. The minimum Gasteiger partial charge on any atom is -0.454 e. The SMILES string of the molecule is c1ccc(Nc2nnc(-c3ccc4c(c3)OCO4)o2)cc1. The molecule has 1 aliphatic rings. The number of aromatic nitrogens is 2. The lowest BCUT2D eigenvalue weighted by Crippen LogP contribution is -1.92. The summed E-state index contributed by atoms with van der Waals surface area (Å²) in [6, 6.07) is 15.5. The highest BCUT2D eigenvalue weighted by molar-refractivity contribution is 5.61. The van der Waals surface area contributed by atoms with Crippen molar-refractivity contribution in [1.29, 1.82) is 0 Å². The number of nitrogens with zero attached hydrogens (tertiary/aromatic N) is 2. The summed E-state index contributed by atoms with van der Waals surface area (Å²) in [6.45, 7) is 0.240. The zero-order valence-electron chi connectivity index (χ0n) is 10.9. The van der Waals surface area contributed by atoms with Crippen LogP contribution in [0, 0.1) is 0 Å². The van der Waals surface area contributed by atoms with Crippen molar-refractivity contribution in [2.45, 2.75) is 0 Å². The predicted molar refractivity (Wildman–Crippen MR) is 75.6 cm³/mol. The van der Waals surface area contributed by atoms with Crippen LogP contribution in [0.2, 0.25) is 0 Å². The molecule has 2 heterocycles. The molecule has 0 saturated heterocycles. The molecule has 4 rings (SSSR count). The van der Waals surface area contributed by atoms with Gasteiger partial charge in [0, 0.05) is 11.3 Å². The summed E-state index contributed by atoms with van der Waals surface area (Å²) in [5.41, 5.74) is 1.67. The van der Waals surface area contributed by atoms with Crippen LogP contribution < -0.4 is 14.8 Å². The minimum atomic E-state index is 0.240. The maximum Gasteiger partial charge on any atom is 0.320 e. The molecular weight excluding hydrogens is 270 g/mol. The lowest BCUT2D eigenvalue weighted by Gasteiger charge is -2.00. The quantitative estimate of drug-likeness (QED) is 0.795. The number of rotatable bonds is 3. The van der Waals surface area contributed by atoms with Gasteiger partial charge in [0.2, 0.25) is 12.7 Å². The van der Waals surface area contributed by atoms with E-state index in [0.29, 0.717) is 17.7 Å². The number of nitrogens with one attached hydrogen (secondary N) is 1. The van der Waals surface area contributed by atoms with Gasteiger partial charge in [0.1, 0.15) is 0 Å². The molecule has 21 heavy (non-hydrogen) atoms. The third kappa shape index (κ3) is 2.27. The number of hydrogen-bond acceptors (Lipinski definition) is 6. The average molecular weight is 281 g/mol. The molecule has 0 atom stereocenters. The second kappa shape index (κ2) is 4.82. The maximum absolute atomic E-state index is 5.60. The van der Waals surface area contributed by atoms with Crippen LogP contribution in [-0.4, -0.2) is 17.0 Å². The van der Waals surface area contributed by atoms with Crippen LogP contribution in [0.25, 0.3) is 11.5 Å². The second-order valence-corrected chi connectivity index (χ2v) is 4.47. The minimum absolute atomic E-state index is 0.240. The fourth-order valence-corrected chi connectivity index (χ4v) is 2.06. The average Bonchev–Trinajstić information content (AvgIpc) is 3.16. The first kappa shape index (κ1) is 11.8. The highest BCUT2D eigenvalue weighted by Gasteiger charge is 2.16. The molecule has 1 aliphatic heterocycles. The number of para-hydroxylation sites is 1. The summed E-state index contributed by atoms with van der Waals surface area (Å²) in [5, 5.41) is 11.1. The maximum atomic E-state index is 5.60. The molecule has 104 valence electrons. The summed E-state index contributed by atoms with van der Waals surface area (Å²) >= 11 is 0. The molecule has 2 aromatic carbocycles. The molecule has 0 amide bonds. The molecule has 0 bridgehead atoms.